The molecule has 0 aliphatic heterocycles. The third-order valence-electron chi connectivity index (χ3n) is 1.71. The number of carbonyl (C=O) groups is 1. The monoisotopic (exact) mass is 426 g/mol. The van der Waals surface area contributed by atoms with Crippen LogP contribution in [0.5, 0.6) is 5.75 Å². The number of methoxy groups -OCH3 is 1. The number of aldehydes is 1. The highest BCUT2D eigenvalue weighted by Crippen LogP contribution is 2.16. The fraction of sp³-hybridized carbons (Fsp3) is 0.143. The van der Waals surface area contributed by atoms with Crippen LogP contribution >= 0.6 is 31.9 Å². The number of hydrogen-bond acceptors (Lipinski definition) is 5. The smallest absolute Gasteiger partial charge is 0.264 e. The van der Waals surface area contributed by atoms with E-state index in [9.17, 15) is 14.9 Å². The maximum absolute atomic E-state index is 10.4. The van der Waals surface area contributed by atoms with Crippen LogP contribution in [0.3, 0.4) is 0 Å². The fourth-order valence-electron chi connectivity index (χ4n) is 0.929. The summed E-state index contributed by atoms with van der Waals surface area (Å²) in [6.45, 7) is -0.379. The Morgan fingerprint density at radius 3 is 2.59 bits per heavy atom. The first-order valence-electron chi connectivity index (χ1n) is 5.41. The zero-order valence-electron chi connectivity index (χ0n) is 11.2. The van der Waals surface area contributed by atoms with Crippen LogP contribution in [-0.2, 0) is 0 Å². The molecule has 1 aromatic heterocycles. The summed E-state index contributed by atoms with van der Waals surface area (Å²) in [5.41, 5.74) is 0.307. The first-order valence-corrected chi connectivity index (χ1v) is 6.99. The number of halogens is 2. The Morgan fingerprint density at radius 2 is 2.05 bits per heavy atom. The Morgan fingerprint density at radius 1 is 1.36 bits per heavy atom. The number of rotatable bonds is 3. The van der Waals surface area contributed by atoms with Gasteiger partial charge in [0.2, 0.25) is 0 Å². The lowest BCUT2D eigenvalue weighted by Crippen LogP contribution is -1.95. The molecule has 0 saturated heterocycles. The van der Waals surface area contributed by atoms with Crippen molar-refractivity contribution < 1.29 is 14.5 Å². The van der Waals surface area contributed by atoms with Crippen molar-refractivity contribution in [2.45, 2.75) is 0 Å². The summed E-state index contributed by atoms with van der Waals surface area (Å²) in [4.78, 5) is 25.8. The van der Waals surface area contributed by atoms with E-state index >= 15 is 0 Å². The van der Waals surface area contributed by atoms with Gasteiger partial charge in [-0.2, -0.15) is 0 Å². The highest BCUT2D eigenvalue weighted by molar-refractivity contribution is 9.12. The molecular formula is C14H8Br2N2O4. The minimum atomic E-state index is -0.523. The van der Waals surface area contributed by atoms with Crippen LogP contribution in [0.1, 0.15) is 10.5 Å². The van der Waals surface area contributed by atoms with Crippen molar-refractivity contribution in [1.82, 2.24) is 4.98 Å². The Kier molecular flexibility index (Phi) is 11.1. The predicted octanol–water partition coefficient (Wildman–Crippen LogP) is 2.29. The van der Waals surface area contributed by atoms with Gasteiger partial charge in [0.15, 0.2) is 6.29 Å². The van der Waals surface area contributed by atoms with E-state index in [4.69, 9.17) is 4.74 Å². The predicted molar refractivity (Wildman–Crippen MR) is 88.0 cm³/mol. The molecule has 1 heterocycles. The molecule has 0 amide bonds. The van der Waals surface area contributed by atoms with Gasteiger partial charge >= 0.3 is 0 Å². The number of nitrogens with zero attached hydrogens (tertiary/aromatic N) is 2. The highest BCUT2D eigenvalue weighted by atomic mass is 79.9. The van der Waals surface area contributed by atoms with Crippen molar-refractivity contribution in [2.24, 2.45) is 0 Å². The maximum atomic E-state index is 10.4. The average molecular weight is 428 g/mol. The van der Waals surface area contributed by atoms with Crippen LogP contribution in [0.15, 0.2) is 16.7 Å². The molecular weight excluding hydrogens is 420 g/mol. The lowest BCUT2D eigenvalue weighted by molar-refractivity contribution is -0.466. The summed E-state index contributed by atoms with van der Waals surface area (Å²) in [5.74, 6) is 12.0. The van der Waals surface area contributed by atoms with Crippen LogP contribution in [0, 0.1) is 44.5 Å². The van der Waals surface area contributed by atoms with Crippen molar-refractivity contribution in [3.63, 3.8) is 0 Å². The van der Waals surface area contributed by atoms with Gasteiger partial charge < -0.3 is 4.74 Å². The Hall–Kier alpha value is -2.34. The van der Waals surface area contributed by atoms with Crippen LogP contribution in [0.4, 0.5) is 0 Å². The molecule has 0 bridgehead atoms. The van der Waals surface area contributed by atoms with Crippen molar-refractivity contribution in [3.05, 3.63) is 32.5 Å². The number of carbonyl (C=O) groups excluding carboxylic acids is 1. The molecule has 6 nitrogen and oxygen atoms in total. The van der Waals surface area contributed by atoms with Crippen molar-refractivity contribution in [2.75, 3.05) is 13.7 Å². The van der Waals surface area contributed by atoms with Gasteiger partial charge in [-0.15, -0.1) is 0 Å². The third kappa shape index (κ3) is 9.55. The topological polar surface area (TPSA) is 82.3 Å². The summed E-state index contributed by atoms with van der Waals surface area (Å²) in [6, 6.07) is 3.40. The van der Waals surface area contributed by atoms with E-state index in [0.29, 0.717) is 22.3 Å². The van der Waals surface area contributed by atoms with E-state index in [2.05, 4.69) is 71.3 Å². The largest absolute Gasteiger partial charge is 0.494 e. The van der Waals surface area contributed by atoms with Crippen LogP contribution < -0.4 is 4.74 Å². The van der Waals surface area contributed by atoms with E-state index in [1.807, 2.05) is 0 Å². The zero-order chi connectivity index (χ0) is 16.8. The average Bonchev–Trinajstić information content (AvgIpc) is 2.51. The summed E-state index contributed by atoms with van der Waals surface area (Å²) < 4.78 is 5.50. The van der Waals surface area contributed by atoms with Gasteiger partial charge in [0.05, 0.1) is 7.11 Å². The Bertz CT molecular complexity index is 716. The highest BCUT2D eigenvalue weighted by Gasteiger charge is 2.02. The number of hydrogen-bond donors (Lipinski definition) is 0. The number of pyridine rings is 1. The quantitative estimate of drug-likeness (QED) is 0.243. The molecule has 112 valence electrons. The molecule has 0 unspecified atom stereocenters. The van der Waals surface area contributed by atoms with Crippen molar-refractivity contribution in [1.29, 1.82) is 0 Å². The van der Waals surface area contributed by atoms with Gasteiger partial charge in [0.25, 0.3) is 6.54 Å². The standard InChI is InChI=1S/C7H6BrNO2.C7H2BrNO2/c1-11-6-2-3-7(8)9-5(6)4-10;8-6-4-2-1-3-5-7-9(10)11/h2-4H,1H3;7H2. The Labute approximate surface area is 144 Å². The van der Waals surface area contributed by atoms with Crippen molar-refractivity contribution >= 4 is 38.1 Å². The van der Waals surface area contributed by atoms with Gasteiger partial charge in [-0.25, -0.2) is 4.98 Å². The van der Waals surface area contributed by atoms with Crippen LogP contribution in [0.25, 0.3) is 0 Å². The molecule has 8 heteroatoms. The van der Waals surface area contributed by atoms with Crippen LogP contribution in [-0.4, -0.2) is 29.8 Å². The fourth-order valence-corrected chi connectivity index (χ4v) is 1.35. The summed E-state index contributed by atoms with van der Waals surface area (Å²) in [7, 11) is 1.50. The van der Waals surface area contributed by atoms with Gasteiger partial charge in [0.1, 0.15) is 16.0 Å². The number of aromatic nitrogens is 1. The molecule has 0 fully saturated rings. The SMILES string of the molecule is COc1ccc(Br)nc1C=O.O=[N+]([O-])CC#CC#CC#CBr. The summed E-state index contributed by atoms with van der Waals surface area (Å²) >= 11 is 5.96. The first-order chi connectivity index (χ1) is 10.5. The molecule has 0 spiro atoms. The van der Waals surface area contributed by atoms with Crippen LogP contribution in [0.2, 0.25) is 0 Å². The number of ether oxygens (including phenoxy) is 1. The summed E-state index contributed by atoms with van der Waals surface area (Å²) in [6.07, 6.45) is 0.656. The second-order valence-corrected chi connectivity index (χ2v) is 4.31. The van der Waals surface area contributed by atoms with Crippen molar-refractivity contribution in [3.8, 4) is 40.2 Å². The molecule has 22 heavy (non-hydrogen) atoms. The molecule has 1 aromatic rings. The molecule has 0 aromatic carbocycles. The van der Waals surface area contributed by atoms with Gasteiger partial charge in [0, 0.05) is 20.9 Å². The molecule has 0 aliphatic rings. The van der Waals surface area contributed by atoms with E-state index in [1.165, 1.54) is 7.11 Å². The maximum Gasteiger partial charge on any atom is 0.264 e. The molecule has 0 atom stereocenters. The third-order valence-corrected chi connectivity index (χ3v) is 2.35. The number of nitro groups is 1. The van der Waals surface area contributed by atoms with Gasteiger partial charge in [-0.05, 0) is 62.5 Å². The zero-order valence-corrected chi connectivity index (χ0v) is 14.4. The summed E-state index contributed by atoms with van der Waals surface area (Å²) in [5, 5.41) is 9.71. The second kappa shape index (κ2) is 12.4. The van der Waals surface area contributed by atoms with Gasteiger partial charge in [-0.3, -0.25) is 14.9 Å². The minimum Gasteiger partial charge on any atom is -0.494 e. The normalized spacial score (nSPS) is 7.41. The van der Waals surface area contributed by atoms with E-state index in [1.54, 1.807) is 12.1 Å². The van der Waals surface area contributed by atoms with E-state index in [0.717, 1.165) is 0 Å². The lowest BCUT2D eigenvalue weighted by Gasteiger charge is -2.00. The van der Waals surface area contributed by atoms with Gasteiger partial charge in [-0.1, -0.05) is 0 Å². The van der Waals surface area contributed by atoms with E-state index in [-0.39, 0.29) is 6.54 Å². The first kappa shape index (κ1) is 19.7. The molecule has 0 saturated carbocycles. The van der Waals surface area contributed by atoms with E-state index < -0.39 is 4.92 Å². The molecule has 1 rings (SSSR count). The minimum absolute atomic E-state index is 0.307. The Balaban J connectivity index is 0.000000401. The molecule has 0 radical (unpaired) electrons. The molecule has 0 N–H and O–H groups in total. The lowest BCUT2D eigenvalue weighted by atomic mass is 10.3. The second-order valence-electron chi connectivity index (χ2n) is 3.10. The molecule has 0 aliphatic carbocycles.